The van der Waals surface area contributed by atoms with Crippen molar-refractivity contribution >= 4 is 0 Å². The molecule has 0 amide bonds. The Bertz CT molecular complexity index is 366. The van der Waals surface area contributed by atoms with E-state index in [1.807, 2.05) is 13.8 Å². The number of halogens is 1. The van der Waals surface area contributed by atoms with Gasteiger partial charge in [-0.2, -0.15) is 5.26 Å². The van der Waals surface area contributed by atoms with Crippen molar-refractivity contribution in [2.24, 2.45) is 5.41 Å². The summed E-state index contributed by atoms with van der Waals surface area (Å²) in [6, 6.07) is 8.83. The number of nitrogens with one attached hydrogen (secondary N) is 1. The number of rotatable bonds is 4. The molecule has 0 atom stereocenters. The molecule has 2 nitrogen and oxygen atoms in total. The molecule has 1 rings (SSSR count). The Morgan fingerprint density at radius 3 is 2.67 bits per heavy atom. The van der Waals surface area contributed by atoms with Crippen molar-refractivity contribution < 1.29 is 4.39 Å². The van der Waals surface area contributed by atoms with Crippen LogP contribution in [0.4, 0.5) is 4.39 Å². The van der Waals surface area contributed by atoms with E-state index in [2.05, 4.69) is 11.4 Å². The molecular formula is C12H15FN2. The Kier molecular flexibility index (Phi) is 3.81. The lowest BCUT2D eigenvalue weighted by Gasteiger charge is -2.15. The zero-order chi connectivity index (χ0) is 11.3. The highest BCUT2D eigenvalue weighted by molar-refractivity contribution is 5.17. The van der Waals surface area contributed by atoms with E-state index in [1.165, 1.54) is 6.07 Å². The van der Waals surface area contributed by atoms with Crippen molar-refractivity contribution in [3.05, 3.63) is 35.6 Å². The molecule has 0 aliphatic heterocycles. The van der Waals surface area contributed by atoms with E-state index in [4.69, 9.17) is 5.26 Å². The van der Waals surface area contributed by atoms with Crippen LogP contribution < -0.4 is 5.32 Å². The van der Waals surface area contributed by atoms with Gasteiger partial charge >= 0.3 is 0 Å². The second-order valence-electron chi connectivity index (χ2n) is 4.19. The van der Waals surface area contributed by atoms with Gasteiger partial charge in [-0.3, -0.25) is 0 Å². The van der Waals surface area contributed by atoms with Crippen LogP contribution in [0.25, 0.3) is 0 Å². The number of nitrogens with zero attached hydrogens (tertiary/aromatic N) is 1. The first kappa shape index (κ1) is 11.7. The standard InChI is InChI=1S/C12H15FN2/c1-12(2,8-14)9-15-7-10-5-3-4-6-11(10)13/h3-6,15H,7,9H2,1-2H3. The summed E-state index contributed by atoms with van der Waals surface area (Å²) in [5.74, 6) is -0.209. The fourth-order valence-electron chi connectivity index (χ4n) is 1.19. The van der Waals surface area contributed by atoms with Crippen molar-refractivity contribution in [3.8, 4) is 6.07 Å². The third kappa shape index (κ3) is 3.69. The first-order valence-electron chi connectivity index (χ1n) is 4.90. The maximum Gasteiger partial charge on any atom is 0.127 e. The fraction of sp³-hybridized carbons (Fsp3) is 0.417. The first-order chi connectivity index (χ1) is 7.05. The highest BCUT2D eigenvalue weighted by Crippen LogP contribution is 2.11. The molecule has 0 unspecified atom stereocenters. The van der Waals surface area contributed by atoms with Crippen LogP contribution in [0.5, 0.6) is 0 Å². The Labute approximate surface area is 89.7 Å². The van der Waals surface area contributed by atoms with Gasteiger partial charge in [0.05, 0.1) is 11.5 Å². The normalized spacial score (nSPS) is 11.1. The second kappa shape index (κ2) is 4.90. The monoisotopic (exact) mass is 206 g/mol. The van der Waals surface area contributed by atoms with E-state index in [-0.39, 0.29) is 5.82 Å². The molecule has 0 spiro atoms. The summed E-state index contributed by atoms with van der Waals surface area (Å²) in [6.45, 7) is 4.71. The highest BCUT2D eigenvalue weighted by Gasteiger charge is 2.15. The summed E-state index contributed by atoms with van der Waals surface area (Å²) in [6.07, 6.45) is 0. The average molecular weight is 206 g/mol. The Morgan fingerprint density at radius 2 is 2.07 bits per heavy atom. The van der Waals surface area contributed by atoms with Crippen molar-refractivity contribution in [1.82, 2.24) is 5.32 Å². The van der Waals surface area contributed by atoms with E-state index in [0.717, 1.165) is 0 Å². The molecule has 0 bridgehead atoms. The van der Waals surface area contributed by atoms with Crippen LogP contribution in [-0.2, 0) is 6.54 Å². The zero-order valence-electron chi connectivity index (χ0n) is 9.05. The van der Waals surface area contributed by atoms with E-state index in [9.17, 15) is 4.39 Å². The lowest BCUT2D eigenvalue weighted by molar-refractivity contribution is 0.441. The van der Waals surface area contributed by atoms with E-state index in [0.29, 0.717) is 18.7 Å². The number of hydrogen-bond acceptors (Lipinski definition) is 2. The number of hydrogen-bond donors (Lipinski definition) is 1. The van der Waals surface area contributed by atoms with Gasteiger partial charge in [0.2, 0.25) is 0 Å². The molecule has 1 aromatic carbocycles. The minimum absolute atomic E-state index is 0.209. The Morgan fingerprint density at radius 1 is 1.40 bits per heavy atom. The maximum atomic E-state index is 13.2. The van der Waals surface area contributed by atoms with E-state index >= 15 is 0 Å². The maximum absolute atomic E-state index is 13.2. The third-order valence-corrected chi connectivity index (χ3v) is 2.14. The third-order valence-electron chi connectivity index (χ3n) is 2.14. The van der Waals surface area contributed by atoms with Gasteiger partial charge in [0.25, 0.3) is 0 Å². The van der Waals surface area contributed by atoms with E-state index < -0.39 is 5.41 Å². The fourth-order valence-corrected chi connectivity index (χ4v) is 1.19. The minimum atomic E-state index is -0.411. The predicted molar refractivity (Wildman–Crippen MR) is 57.5 cm³/mol. The molecule has 1 aromatic rings. The van der Waals surface area contributed by atoms with Crippen LogP contribution in [0.2, 0.25) is 0 Å². The summed E-state index contributed by atoms with van der Waals surface area (Å²) in [5.41, 5.74) is 0.219. The summed E-state index contributed by atoms with van der Waals surface area (Å²) in [4.78, 5) is 0. The predicted octanol–water partition coefficient (Wildman–Crippen LogP) is 2.47. The largest absolute Gasteiger partial charge is 0.311 e. The molecule has 15 heavy (non-hydrogen) atoms. The molecule has 3 heteroatoms. The summed E-state index contributed by atoms with van der Waals surface area (Å²) in [7, 11) is 0. The molecule has 80 valence electrons. The van der Waals surface area contributed by atoms with Gasteiger partial charge in [0, 0.05) is 18.7 Å². The van der Waals surface area contributed by atoms with Gasteiger partial charge in [-0.05, 0) is 19.9 Å². The van der Waals surface area contributed by atoms with Crippen LogP contribution in [-0.4, -0.2) is 6.54 Å². The molecule has 0 saturated heterocycles. The highest BCUT2D eigenvalue weighted by atomic mass is 19.1. The molecular weight excluding hydrogens is 191 g/mol. The first-order valence-corrected chi connectivity index (χ1v) is 4.90. The van der Waals surface area contributed by atoms with Crippen LogP contribution in [0, 0.1) is 22.6 Å². The molecule has 0 saturated carbocycles. The van der Waals surface area contributed by atoms with Crippen LogP contribution in [0.1, 0.15) is 19.4 Å². The second-order valence-corrected chi connectivity index (χ2v) is 4.19. The lowest BCUT2D eigenvalue weighted by Crippen LogP contribution is -2.27. The van der Waals surface area contributed by atoms with Crippen molar-refractivity contribution in [2.75, 3.05) is 6.54 Å². The summed E-state index contributed by atoms with van der Waals surface area (Å²) >= 11 is 0. The topological polar surface area (TPSA) is 35.8 Å². The van der Waals surface area contributed by atoms with Crippen LogP contribution in [0.15, 0.2) is 24.3 Å². The molecule has 1 N–H and O–H groups in total. The number of nitriles is 1. The number of benzene rings is 1. The summed E-state index contributed by atoms with van der Waals surface area (Å²) in [5, 5.41) is 11.9. The SMILES string of the molecule is CC(C)(C#N)CNCc1ccccc1F. The summed E-state index contributed by atoms with van der Waals surface area (Å²) < 4.78 is 13.2. The van der Waals surface area contributed by atoms with Gasteiger partial charge in [-0.15, -0.1) is 0 Å². The zero-order valence-corrected chi connectivity index (χ0v) is 9.05. The van der Waals surface area contributed by atoms with Crippen LogP contribution >= 0.6 is 0 Å². The molecule has 0 aromatic heterocycles. The molecule has 0 aliphatic carbocycles. The van der Waals surface area contributed by atoms with Gasteiger partial charge < -0.3 is 5.32 Å². The molecule has 0 heterocycles. The van der Waals surface area contributed by atoms with Crippen LogP contribution in [0.3, 0.4) is 0 Å². The lowest BCUT2D eigenvalue weighted by atomic mass is 9.96. The van der Waals surface area contributed by atoms with Gasteiger partial charge in [0.15, 0.2) is 0 Å². The Balaban J connectivity index is 2.46. The molecule has 0 fully saturated rings. The smallest absolute Gasteiger partial charge is 0.127 e. The van der Waals surface area contributed by atoms with Crippen molar-refractivity contribution in [3.63, 3.8) is 0 Å². The van der Waals surface area contributed by atoms with Gasteiger partial charge in [-0.25, -0.2) is 4.39 Å². The van der Waals surface area contributed by atoms with E-state index in [1.54, 1.807) is 18.2 Å². The molecule has 0 radical (unpaired) electrons. The van der Waals surface area contributed by atoms with Gasteiger partial charge in [0.1, 0.15) is 5.82 Å². The van der Waals surface area contributed by atoms with Crippen molar-refractivity contribution in [2.45, 2.75) is 20.4 Å². The average Bonchev–Trinajstić information content (AvgIpc) is 2.21. The van der Waals surface area contributed by atoms with Crippen molar-refractivity contribution in [1.29, 1.82) is 5.26 Å². The molecule has 0 aliphatic rings. The Hall–Kier alpha value is -1.40. The quantitative estimate of drug-likeness (QED) is 0.821. The van der Waals surface area contributed by atoms with Gasteiger partial charge in [-0.1, -0.05) is 18.2 Å². The minimum Gasteiger partial charge on any atom is -0.311 e.